The number of carbonyl (C=O) groups is 1. The first kappa shape index (κ1) is 10.4. The minimum atomic E-state index is -0.0698. The predicted octanol–water partition coefficient (Wildman–Crippen LogP) is 0.908. The van der Waals surface area contributed by atoms with Gasteiger partial charge in [0.05, 0.1) is 5.02 Å². The van der Waals surface area contributed by atoms with E-state index in [1.54, 1.807) is 17.0 Å². The van der Waals surface area contributed by atoms with Crippen LogP contribution < -0.4 is 5.73 Å². The zero-order valence-corrected chi connectivity index (χ0v) is 8.94. The topological polar surface area (TPSA) is 59.2 Å². The van der Waals surface area contributed by atoms with E-state index in [0.29, 0.717) is 23.8 Å². The van der Waals surface area contributed by atoms with E-state index in [4.69, 9.17) is 17.3 Å². The summed E-state index contributed by atoms with van der Waals surface area (Å²) in [5.74, 6) is -0.0698. The van der Waals surface area contributed by atoms with E-state index < -0.39 is 0 Å². The molecule has 2 N–H and O–H groups in total. The fraction of sp³-hybridized carbons (Fsp3) is 0.400. The molecule has 1 atom stereocenters. The maximum absolute atomic E-state index is 11.9. The van der Waals surface area contributed by atoms with Crippen LogP contribution in [0.3, 0.4) is 0 Å². The van der Waals surface area contributed by atoms with Gasteiger partial charge in [-0.05, 0) is 18.6 Å². The van der Waals surface area contributed by atoms with Gasteiger partial charge < -0.3 is 10.6 Å². The van der Waals surface area contributed by atoms with Crippen LogP contribution in [0.25, 0.3) is 0 Å². The van der Waals surface area contributed by atoms with Crippen molar-refractivity contribution >= 4 is 17.5 Å². The van der Waals surface area contributed by atoms with E-state index in [1.807, 2.05) is 0 Å². The van der Waals surface area contributed by atoms with Crippen molar-refractivity contribution in [2.24, 2.45) is 5.73 Å². The van der Waals surface area contributed by atoms with Crippen molar-refractivity contribution in [1.29, 1.82) is 0 Å². The summed E-state index contributed by atoms with van der Waals surface area (Å²) in [6, 6.07) is 3.40. The molecule has 0 spiro atoms. The van der Waals surface area contributed by atoms with E-state index in [1.165, 1.54) is 6.20 Å². The van der Waals surface area contributed by atoms with Gasteiger partial charge in [-0.2, -0.15) is 0 Å². The van der Waals surface area contributed by atoms with Crippen LogP contribution in [0.15, 0.2) is 18.3 Å². The molecule has 0 unspecified atom stereocenters. The summed E-state index contributed by atoms with van der Waals surface area (Å²) in [7, 11) is 0. The first-order valence-corrected chi connectivity index (χ1v) is 5.21. The number of aromatic nitrogens is 1. The lowest BCUT2D eigenvalue weighted by atomic mass is 10.3. The molecule has 0 aliphatic carbocycles. The summed E-state index contributed by atoms with van der Waals surface area (Å²) < 4.78 is 0. The average Bonchev–Trinajstić information content (AvgIpc) is 2.65. The molecule has 0 radical (unpaired) electrons. The number of nitrogens with two attached hydrogens (primary N) is 1. The fourth-order valence-electron chi connectivity index (χ4n) is 1.64. The minimum absolute atomic E-state index is 0.0698. The molecule has 4 nitrogen and oxygen atoms in total. The summed E-state index contributed by atoms with van der Waals surface area (Å²) >= 11 is 5.69. The van der Waals surface area contributed by atoms with Gasteiger partial charge in [-0.25, -0.2) is 4.98 Å². The summed E-state index contributed by atoms with van der Waals surface area (Å²) in [6.45, 7) is 1.33. The zero-order valence-electron chi connectivity index (χ0n) is 8.19. The van der Waals surface area contributed by atoms with Crippen molar-refractivity contribution in [3.63, 3.8) is 0 Å². The van der Waals surface area contributed by atoms with E-state index in [9.17, 15) is 4.79 Å². The lowest BCUT2D eigenvalue weighted by Crippen LogP contribution is -2.32. The molecule has 1 amide bonds. The number of amides is 1. The van der Waals surface area contributed by atoms with Gasteiger partial charge in [0, 0.05) is 25.3 Å². The molecule has 1 aromatic heterocycles. The van der Waals surface area contributed by atoms with Crippen molar-refractivity contribution in [2.45, 2.75) is 12.5 Å². The third-order valence-corrected chi connectivity index (χ3v) is 2.68. The van der Waals surface area contributed by atoms with Crippen LogP contribution in [-0.4, -0.2) is 34.9 Å². The highest BCUT2D eigenvalue weighted by atomic mass is 35.5. The van der Waals surface area contributed by atoms with Crippen LogP contribution in [0.4, 0.5) is 0 Å². The molecule has 1 aliphatic heterocycles. The Bertz CT molecular complexity index is 365. The van der Waals surface area contributed by atoms with E-state index in [2.05, 4.69) is 4.98 Å². The van der Waals surface area contributed by atoms with Crippen LogP contribution >= 0.6 is 11.6 Å². The summed E-state index contributed by atoms with van der Waals surface area (Å²) in [6.07, 6.45) is 2.34. The average molecular weight is 226 g/mol. The van der Waals surface area contributed by atoms with Gasteiger partial charge in [0.25, 0.3) is 5.91 Å². The highest BCUT2D eigenvalue weighted by Gasteiger charge is 2.24. The molecule has 1 saturated heterocycles. The standard InChI is InChI=1S/C10H12ClN3O/c11-7-1-2-9(13-5-7)10(15)14-4-3-8(12)6-14/h1-2,5,8H,3-4,6,12H2/t8-/m1/s1. The number of pyridine rings is 1. The Morgan fingerprint density at radius 2 is 2.40 bits per heavy atom. The van der Waals surface area contributed by atoms with E-state index in [-0.39, 0.29) is 11.9 Å². The first-order valence-electron chi connectivity index (χ1n) is 4.83. The lowest BCUT2D eigenvalue weighted by Gasteiger charge is -2.14. The Morgan fingerprint density at radius 3 is 2.93 bits per heavy atom. The molecular formula is C10H12ClN3O. The molecule has 5 heteroatoms. The zero-order chi connectivity index (χ0) is 10.8. The molecule has 0 aromatic carbocycles. The van der Waals surface area contributed by atoms with Gasteiger partial charge in [-0.15, -0.1) is 0 Å². The largest absolute Gasteiger partial charge is 0.336 e. The maximum Gasteiger partial charge on any atom is 0.272 e. The second kappa shape index (κ2) is 4.16. The number of halogens is 1. The number of hydrogen-bond donors (Lipinski definition) is 1. The molecule has 1 fully saturated rings. The highest BCUT2D eigenvalue weighted by Crippen LogP contribution is 2.12. The van der Waals surface area contributed by atoms with Gasteiger partial charge in [-0.1, -0.05) is 11.6 Å². The normalized spacial score (nSPS) is 20.7. The van der Waals surface area contributed by atoms with Gasteiger partial charge in [0.2, 0.25) is 0 Å². The third-order valence-electron chi connectivity index (χ3n) is 2.46. The Morgan fingerprint density at radius 1 is 1.60 bits per heavy atom. The Labute approximate surface area is 93.0 Å². The Balaban J connectivity index is 2.11. The van der Waals surface area contributed by atoms with Crippen molar-refractivity contribution < 1.29 is 4.79 Å². The number of likely N-dealkylation sites (tertiary alicyclic amines) is 1. The van der Waals surface area contributed by atoms with Crippen LogP contribution in [0.5, 0.6) is 0 Å². The van der Waals surface area contributed by atoms with Crippen LogP contribution in [-0.2, 0) is 0 Å². The Kier molecular flexibility index (Phi) is 2.88. The van der Waals surface area contributed by atoms with Crippen LogP contribution in [0.2, 0.25) is 5.02 Å². The second-order valence-corrected chi connectivity index (χ2v) is 4.10. The highest BCUT2D eigenvalue weighted by molar-refractivity contribution is 6.30. The van der Waals surface area contributed by atoms with Gasteiger partial charge in [-0.3, -0.25) is 4.79 Å². The number of nitrogens with zero attached hydrogens (tertiary/aromatic N) is 2. The molecule has 2 heterocycles. The lowest BCUT2D eigenvalue weighted by molar-refractivity contribution is 0.0785. The smallest absolute Gasteiger partial charge is 0.272 e. The van der Waals surface area contributed by atoms with Crippen molar-refractivity contribution in [3.8, 4) is 0 Å². The van der Waals surface area contributed by atoms with Gasteiger partial charge in [0.15, 0.2) is 0 Å². The third kappa shape index (κ3) is 2.27. The monoisotopic (exact) mass is 225 g/mol. The minimum Gasteiger partial charge on any atom is -0.336 e. The quantitative estimate of drug-likeness (QED) is 0.773. The van der Waals surface area contributed by atoms with Crippen molar-refractivity contribution in [2.75, 3.05) is 13.1 Å². The number of hydrogen-bond acceptors (Lipinski definition) is 3. The summed E-state index contributed by atoms with van der Waals surface area (Å²) in [5.41, 5.74) is 6.15. The molecule has 2 rings (SSSR count). The molecule has 80 valence electrons. The summed E-state index contributed by atoms with van der Waals surface area (Å²) in [4.78, 5) is 17.6. The SMILES string of the molecule is N[C@@H]1CCN(C(=O)c2ccc(Cl)cn2)C1. The van der Waals surface area contributed by atoms with Crippen LogP contribution in [0.1, 0.15) is 16.9 Å². The predicted molar refractivity (Wildman–Crippen MR) is 57.7 cm³/mol. The number of carbonyl (C=O) groups excluding carboxylic acids is 1. The molecule has 0 bridgehead atoms. The Hall–Kier alpha value is -1.13. The fourth-order valence-corrected chi connectivity index (χ4v) is 1.75. The van der Waals surface area contributed by atoms with Crippen LogP contribution in [0, 0.1) is 0 Å². The number of rotatable bonds is 1. The van der Waals surface area contributed by atoms with Crippen molar-refractivity contribution in [1.82, 2.24) is 9.88 Å². The van der Waals surface area contributed by atoms with Crippen molar-refractivity contribution in [3.05, 3.63) is 29.0 Å². The van der Waals surface area contributed by atoms with E-state index in [0.717, 1.165) is 6.42 Å². The molecule has 1 aliphatic rings. The van der Waals surface area contributed by atoms with Gasteiger partial charge in [0.1, 0.15) is 5.69 Å². The molecular weight excluding hydrogens is 214 g/mol. The molecule has 1 aromatic rings. The van der Waals surface area contributed by atoms with E-state index >= 15 is 0 Å². The van der Waals surface area contributed by atoms with Gasteiger partial charge >= 0.3 is 0 Å². The molecule has 15 heavy (non-hydrogen) atoms. The summed E-state index contributed by atoms with van der Waals surface area (Å²) in [5, 5.41) is 0.532. The first-order chi connectivity index (χ1) is 7.16. The maximum atomic E-state index is 11.9. The second-order valence-electron chi connectivity index (χ2n) is 3.66. The molecule has 0 saturated carbocycles.